The summed E-state index contributed by atoms with van der Waals surface area (Å²) in [6.45, 7) is 3.72. The highest BCUT2D eigenvalue weighted by molar-refractivity contribution is 5.64. The zero-order chi connectivity index (χ0) is 14.6. The zero-order valence-corrected chi connectivity index (χ0v) is 11.2. The molecule has 0 aliphatic rings. The van der Waals surface area contributed by atoms with Crippen LogP contribution in [0, 0.1) is 27.4 Å². The Bertz CT molecular complexity index is 508. The molecule has 0 amide bonds. The molecule has 1 rings (SSSR count). The standard InChI is InChI=1S/C13H17N3O3/c1-9(7-14)8-15(3)12-5-4-11(10(2)17)6-13(12)16(18)19/h4-6,9-10,17H,8H2,1-3H3. The molecule has 1 aromatic rings. The Balaban J connectivity index is 3.13. The second-order valence-electron chi connectivity index (χ2n) is 4.59. The number of anilines is 1. The van der Waals surface area contributed by atoms with Crippen molar-refractivity contribution in [2.45, 2.75) is 20.0 Å². The first-order valence-corrected chi connectivity index (χ1v) is 5.94. The summed E-state index contributed by atoms with van der Waals surface area (Å²) in [4.78, 5) is 12.3. The number of hydrogen-bond donors (Lipinski definition) is 1. The fourth-order valence-corrected chi connectivity index (χ4v) is 1.82. The van der Waals surface area contributed by atoms with Gasteiger partial charge < -0.3 is 10.0 Å². The van der Waals surface area contributed by atoms with Crippen molar-refractivity contribution in [3.05, 3.63) is 33.9 Å². The van der Waals surface area contributed by atoms with Crippen molar-refractivity contribution in [2.24, 2.45) is 5.92 Å². The SMILES string of the molecule is CC(C#N)CN(C)c1ccc(C(C)O)cc1[N+](=O)[O-]. The maximum Gasteiger partial charge on any atom is 0.292 e. The van der Waals surface area contributed by atoms with Crippen molar-refractivity contribution in [3.8, 4) is 6.07 Å². The van der Waals surface area contributed by atoms with Gasteiger partial charge in [0.2, 0.25) is 0 Å². The molecule has 0 aliphatic carbocycles. The molecule has 19 heavy (non-hydrogen) atoms. The lowest BCUT2D eigenvalue weighted by molar-refractivity contribution is -0.384. The van der Waals surface area contributed by atoms with E-state index in [-0.39, 0.29) is 11.6 Å². The molecule has 6 nitrogen and oxygen atoms in total. The van der Waals surface area contributed by atoms with E-state index in [4.69, 9.17) is 5.26 Å². The Labute approximate surface area is 112 Å². The van der Waals surface area contributed by atoms with Crippen LogP contribution < -0.4 is 4.90 Å². The predicted octanol–water partition coefficient (Wildman–Crippen LogP) is 2.24. The van der Waals surface area contributed by atoms with Gasteiger partial charge in [-0.25, -0.2) is 0 Å². The second kappa shape index (κ2) is 6.16. The zero-order valence-electron chi connectivity index (χ0n) is 11.2. The highest BCUT2D eigenvalue weighted by Gasteiger charge is 2.20. The summed E-state index contributed by atoms with van der Waals surface area (Å²) >= 11 is 0. The molecule has 1 aromatic carbocycles. The van der Waals surface area contributed by atoms with Gasteiger partial charge in [-0.15, -0.1) is 0 Å². The monoisotopic (exact) mass is 263 g/mol. The van der Waals surface area contributed by atoms with E-state index >= 15 is 0 Å². The van der Waals surface area contributed by atoms with Crippen LogP contribution in [0.25, 0.3) is 0 Å². The van der Waals surface area contributed by atoms with Crippen LogP contribution in [0.2, 0.25) is 0 Å². The van der Waals surface area contributed by atoms with Crippen LogP contribution in [0.15, 0.2) is 18.2 Å². The Hall–Kier alpha value is -2.13. The summed E-state index contributed by atoms with van der Waals surface area (Å²) in [5, 5.41) is 29.3. The molecule has 0 radical (unpaired) electrons. The van der Waals surface area contributed by atoms with Gasteiger partial charge in [-0.1, -0.05) is 6.07 Å². The smallest absolute Gasteiger partial charge is 0.292 e. The van der Waals surface area contributed by atoms with E-state index in [1.54, 1.807) is 37.9 Å². The van der Waals surface area contributed by atoms with Gasteiger partial charge in [0, 0.05) is 19.7 Å². The highest BCUT2D eigenvalue weighted by atomic mass is 16.6. The average molecular weight is 263 g/mol. The molecular formula is C13H17N3O3. The minimum Gasteiger partial charge on any atom is -0.389 e. The first kappa shape index (κ1) is 14.9. The predicted molar refractivity (Wildman–Crippen MR) is 71.8 cm³/mol. The van der Waals surface area contributed by atoms with Gasteiger partial charge in [0.25, 0.3) is 5.69 Å². The fraction of sp³-hybridized carbons (Fsp3) is 0.462. The number of nitrogens with zero attached hydrogens (tertiary/aromatic N) is 3. The Morgan fingerprint density at radius 2 is 2.16 bits per heavy atom. The molecular weight excluding hydrogens is 246 g/mol. The largest absolute Gasteiger partial charge is 0.389 e. The third kappa shape index (κ3) is 3.66. The van der Waals surface area contributed by atoms with Gasteiger partial charge in [-0.2, -0.15) is 5.26 Å². The number of nitro benzene ring substituents is 1. The molecule has 1 N–H and O–H groups in total. The first-order chi connectivity index (χ1) is 8.86. The summed E-state index contributed by atoms with van der Waals surface area (Å²) in [7, 11) is 1.71. The van der Waals surface area contributed by atoms with E-state index in [0.717, 1.165) is 0 Å². The molecule has 0 bridgehead atoms. The number of nitro groups is 1. The number of aliphatic hydroxyl groups excluding tert-OH is 1. The topological polar surface area (TPSA) is 90.4 Å². The molecule has 2 unspecified atom stereocenters. The Morgan fingerprint density at radius 3 is 2.63 bits per heavy atom. The number of hydrogen-bond acceptors (Lipinski definition) is 5. The van der Waals surface area contributed by atoms with Crippen molar-refractivity contribution >= 4 is 11.4 Å². The van der Waals surface area contributed by atoms with Crippen LogP contribution >= 0.6 is 0 Å². The van der Waals surface area contributed by atoms with Gasteiger partial charge in [0.15, 0.2) is 0 Å². The van der Waals surface area contributed by atoms with E-state index in [9.17, 15) is 15.2 Å². The summed E-state index contributed by atoms with van der Waals surface area (Å²) in [6.07, 6.45) is -0.754. The number of nitriles is 1. The lowest BCUT2D eigenvalue weighted by Crippen LogP contribution is -2.24. The molecule has 2 atom stereocenters. The Kier molecular flexibility index (Phi) is 4.84. The molecule has 0 aromatic heterocycles. The van der Waals surface area contributed by atoms with Crippen molar-refractivity contribution in [2.75, 3.05) is 18.5 Å². The van der Waals surface area contributed by atoms with Gasteiger partial charge in [-0.05, 0) is 25.5 Å². The van der Waals surface area contributed by atoms with Gasteiger partial charge in [-0.3, -0.25) is 10.1 Å². The quantitative estimate of drug-likeness (QED) is 0.650. The minimum atomic E-state index is -0.754. The molecule has 0 fully saturated rings. The summed E-state index contributed by atoms with van der Waals surface area (Å²) in [5.41, 5.74) is 0.875. The lowest BCUT2D eigenvalue weighted by Gasteiger charge is -2.20. The fourth-order valence-electron chi connectivity index (χ4n) is 1.82. The van der Waals surface area contributed by atoms with Crippen LogP contribution in [0.3, 0.4) is 0 Å². The molecule has 0 spiro atoms. The molecule has 0 heterocycles. The maximum absolute atomic E-state index is 11.1. The van der Waals surface area contributed by atoms with Crippen molar-refractivity contribution < 1.29 is 10.0 Å². The van der Waals surface area contributed by atoms with E-state index in [1.165, 1.54) is 6.07 Å². The van der Waals surface area contributed by atoms with Crippen molar-refractivity contribution in [3.63, 3.8) is 0 Å². The normalized spacial score (nSPS) is 13.4. The Morgan fingerprint density at radius 1 is 1.53 bits per heavy atom. The maximum atomic E-state index is 11.1. The van der Waals surface area contributed by atoms with Gasteiger partial charge in [0.1, 0.15) is 5.69 Å². The molecule has 6 heteroatoms. The van der Waals surface area contributed by atoms with E-state index < -0.39 is 11.0 Å². The molecule has 102 valence electrons. The van der Waals surface area contributed by atoms with E-state index in [0.29, 0.717) is 17.8 Å². The summed E-state index contributed by atoms with van der Waals surface area (Å²) in [6, 6.07) is 6.72. The number of rotatable bonds is 5. The minimum absolute atomic E-state index is 0.0639. The number of aliphatic hydroxyl groups is 1. The highest BCUT2D eigenvalue weighted by Crippen LogP contribution is 2.30. The van der Waals surface area contributed by atoms with Crippen molar-refractivity contribution in [1.29, 1.82) is 5.26 Å². The third-order valence-corrected chi connectivity index (χ3v) is 2.86. The molecule has 0 saturated heterocycles. The summed E-state index contributed by atoms with van der Waals surface area (Å²) < 4.78 is 0. The molecule has 0 saturated carbocycles. The van der Waals surface area contributed by atoms with Crippen LogP contribution in [0.1, 0.15) is 25.5 Å². The summed E-state index contributed by atoms with van der Waals surface area (Å²) in [5.74, 6) is -0.221. The first-order valence-electron chi connectivity index (χ1n) is 5.94. The van der Waals surface area contributed by atoms with Gasteiger partial charge >= 0.3 is 0 Å². The van der Waals surface area contributed by atoms with Gasteiger partial charge in [0.05, 0.1) is 23.0 Å². The van der Waals surface area contributed by atoms with E-state index in [1.807, 2.05) is 0 Å². The molecule has 0 aliphatic heterocycles. The third-order valence-electron chi connectivity index (χ3n) is 2.86. The lowest BCUT2D eigenvalue weighted by atomic mass is 10.1. The van der Waals surface area contributed by atoms with Crippen LogP contribution in [0.4, 0.5) is 11.4 Å². The van der Waals surface area contributed by atoms with Crippen LogP contribution in [-0.4, -0.2) is 23.6 Å². The van der Waals surface area contributed by atoms with E-state index in [2.05, 4.69) is 6.07 Å². The van der Waals surface area contributed by atoms with Crippen molar-refractivity contribution in [1.82, 2.24) is 0 Å². The average Bonchev–Trinajstić information content (AvgIpc) is 2.37. The second-order valence-corrected chi connectivity index (χ2v) is 4.59. The number of benzene rings is 1. The van der Waals surface area contributed by atoms with Crippen LogP contribution in [-0.2, 0) is 0 Å². The van der Waals surface area contributed by atoms with Crippen LogP contribution in [0.5, 0.6) is 0 Å².